The molecule has 0 aliphatic heterocycles. The summed E-state index contributed by atoms with van der Waals surface area (Å²) in [7, 11) is 0. The number of fused-ring (bicyclic) bond motifs is 1. The van der Waals surface area contributed by atoms with Crippen molar-refractivity contribution in [1.29, 1.82) is 0 Å². The summed E-state index contributed by atoms with van der Waals surface area (Å²) in [5.41, 5.74) is 1.46. The number of carbonyl (C=O) groups excluding carboxylic acids is 2. The van der Waals surface area contributed by atoms with E-state index >= 15 is 0 Å². The number of furan rings is 1. The Hall–Kier alpha value is -3.28. The topological polar surface area (TPSA) is 75.0 Å². The molecule has 0 atom stereocenters. The molecule has 1 heterocycles. The molecule has 3 rings (SSSR count). The first kappa shape index (κ1) is 21.4. The predicted octanol–water partition coefficient (Wildman–Crippen LogP) is 5.03. The summed E-state index contributed by atoms with van der Waals surface area (Å²) in [5, 5.41) is 0.591. The Kier molecular flexibility index (Phi) is 6.45. The van der Waals surface area contributed by atoms with E-state index in [0.29, 0.717) is 28.0 Å². The number of hydrogen-bond donors (Lipinski definition) is 0. The molecule has 0 amide bonds. The van der Waals surface area contributed by atoms with E-state index in [2.05, 4.69) is 0 Å². The molecule has 6 nitrogen and oxygen atoms in total. The molecule has 2 aromatic carbocycles. The number of esters is 2. The molecule has 0 spiro atoms. The maximum atomic E-state index is 12.6. The molecular formula is C24H26O6. The van der Waals surface area contributed by atoms with Crippen molar-refractivity contribution in [2.75, 3.05) is 13.2 Å². The molecule has 0 N–H and O–H groups in total. The molecule has 0 bridgehead atoms. The van der Waals surface area contributed by atoms with Gasteiger partial charge < -0.3 is 18.6 Å². The standard InChI is InChI=1S/C24H26O6/c1-5-27-23(26)21-18-13-17(11-12-19(18)30-22(21)24(2,3)4)28-15-20(25)29-14-16-9-7-6-8-10-16/h6-13H,5,14-15H2,1-4H3. The van der Waals surface area contributed by atoms with Crippen LogP contribution in [-0.4, -0.2) is 25.2 Å². The van der Waals surface area contributed by atoms with Gasteiger partial charge in [0.1, 0.15) is 29.3 Å². The molecule has 3 aromatic rings. The third kappa shape index (κ3) is 5.00. The lowest BCUT2D eigenvalue weighted by molar-refractivity contribution is -0.147. The van der Waals surface area contributed by atoms with E-state index in [0.717, 1.165) is 5.56 Å². The van der Waals surface area contributed by atoms with E-state index < -0.39 is 11.9 Å². The quantitative estimate of drug-likeness (QED) is 0.509. The maximum Gasteiger partial charge on any atom is 0.344 e. The van der Waals surface area contributed by atoms with Gasteiger partial charge in [0.25, 0.3) is 0 Å². The highest BCUT2D eigenvalue weighted by Gasteiger charge is 2.30. The summed E-state index contributed by atoms with van der Waals surface area (Å²) >= 11 is 0. The molecule has 0 aliphatic carbocycles. The summed E-state index contributed by atoms with van der Waals surface area (Å²) in [6.45, 7) is 7.86. The first-order chi connectivity index (χ1) is 14.3. The van der Waals surface area contributed by atoms with Gasteiger partial charge in [-0.25, -0.2) is 9.59 Å². The Balaban J connectivity index is 1.76. The first-order valence-electron chi connectivity index (χ1n) is 9.86. The molecule has 0 fully saturated rings. The highest BCUT2D eigenvalue weighted by molar-refractivity contribution is 6.05. The average molecular weight is 410 g/mol. The molecular weight excluding hydrogens is 384 g/mol. The number of carbonyl (C=O) groups is 2. The summed E-state index contributed by atoms with van der Waals surface area (Å²) in [6, 6.07) is 14.5. The van der Waals surface area contributed by atoms with Crippen LogP contribution in [0.4, 0.5) is 0 Å². The number of ether oxygens (including phenoxy) is 3. The Morgan fingerprint density at radius 3 is 2.40 bits per heavy atom. The highest BCUT2D eigenvalue weighted by Crippen LogP contribution is 2.36. The zero-order valence-electron chi connectivity index (χ0n) is 17.7. The van der Waals surface area contributed by atoms with Crippen LogP contribution in [0.5, 0.6) is 5.75 Å². The molecule has 0 saturated heterocycles. The Morgan fingerprint density at radius 1 is 1.00 bits per heavy atom. The molecule has 0 radical (unpaired) electrons. The molecule has 6 heteroatoms. The van der Waals surface area contributed by atoms with E-state index in [1.807, 2.05) is 51.1 Å². The van der Waals surface area contributed by atoms with E-state index in [1.54, 1.807) is 25.1 Å². The second kappa shape index (κ2) is 9.03. The lowest BCUT2D eigenvalue weighted by Crippen LogP contribution is -2.16. The van der Waals surface area contributed by atoms with Gasteiger partial charge in [0.05, 0.1) is 6.61 Å². The molecule has 0 unspecified atom stereocenters. The number of benzene rings is 2. The van der Waals surface area contributed by atoms with E-state index in [9.17, 15) is 9.59 Å². The van der Waals surface area contributed by atoms with Crippen molar-refractivity contribution >= 4 is 22.9 Å². The fourth-order valence-corrected chi connectivity index (χ4v) is 3.02. The van der Waals surface area contributed by atoms with Crippen LogP contribution in [0.15, 0.2) is 52.9 Å². The lowest BCUT2D eigenvalue weighted by Gasteiger charge is -2.16. The fourth-order valence-electron chi connectivity index (χ4n) is 3.02. The Bertz CT molecular complexity index is 1030. The van der Waals surface area contributed by atoms with E-state index in [4.69, 9.17) is 18.6 Å². The normalized spacial score (nSPS) is 11.3. The van der Waals surface area contributed by atoms with Crippen molar-refractivity contribution in [3.8, 4) is 5.75 Å². The lowest BCUT2D eigenvalue weighted by atomic mass is 9.89. The number of rotatable bonds is 7. The molecule has 0 aliphatic rings. The Labute approximate surface area is 175 Å². The van der Waals surface area contributed by atoms with Crippen molar-refractivity contribution < 1.29 is 28.2 Å². The third-order valence-corrected chi connectivity index (χ3v) is 4.42. The SMILES string of the molecule is CCOC(=O)c1c(C(C)(C)C)oc2ccc(OCC(=O)OCc3ccccc3)cc12. The minimum atomic E-state index is -0.479. The van der Waals surface area contributed by atoms with Crippen LogP contribution >= 0.6 is 0 Å². The minimum Gasteiger partial charge on any atom is -0.482 e. The first-order valence-corrected chi connectivity index (χ1v) is 9.86. The van der Waals surface area contributed by atoms with Gasteiger partial charge in [-0.15, -0.1) is 0 Å². The van der Waals surface area contributed by atoms with Crippen LogP contribution in [0, 0.1) is 0 Å². The van der Waals surface area contributed by atoms with Crippen LogP contribution in [0.1, 0.15) is 49.4 Å². The fraction of sp³-hybridized carbons (Fsp3) is 0.333. The third-order valence-electron chi connectivity index (χ3n) is 4.42. The maximum absolute atomic E-state index is 12.6. The van der Waals surface area contributed by atoms with Crippen molar-refractivity contribution in [1.82, 2.24) is 0 Å². The second-order valence-corrected chi connectivity index (χ2v) is 7.87. The van der Waals surface area contributed by atoms with Crippen LogP contribution in [0.2, 0.25) is 0 Å². The van der Waals surface area contributed by atoms with Crippen molar-refractivity contribution in [3.63, 3.8) is 0 Å². The van der Waals surface area contributed by atoms with Gasteiger partial charge in [0.2, 0.25) is 0 Å². The van der Waals surface area contributed by atoms with Gasteiger partial charge in [-0.2, -0.15) is 0 Å². The largest absolute Gasteiger partial charge is 0.482 e. The zero-order valence-corrected chi connectivity index (χ0v) is 17.7. The summed E-state index contributed by atoms with van der Waals surface area (Å²) < 4.78 is 22.0. The summed E-state index contributed by atoms with van der Waals surface area (Å²) in [6.07, 6.45) is 0. The van der Waals surface area contributed by atoms with Gasteiger partial charge in [-0.3, -0.25) is 0 Å². The van der Waals surface area contributed by atoms with Gasteiger partial charge >= 0.3 is 11.9 Å². The zero-order chi connectivity index (χ0) is 21.7. The van der Waals surface area contributed by atoms with Crippen LogP contribution < -0.4 is 4.74 Å². The molecule has 0 saturated carbocycles. The predicted molar refractivity (Wildman–Crippen MR) is 113 cm³/mol. The van der Waals surface area contributed by atoms with Crippen LogP contribution in [-0.2, 0) is 26.3 Å². The van der Waals surface area contributed by atoms with Gasteiger partial charge in [0, 0.05) is 10.8 Å². The van der Waals surface area contributed by atoms with Gasteiger partial charge in [-0.05, 0) is 30.7 Å². The van der Waals surface area contributed by atoms with Crippen LogP contribution in [0.25, 0.3) is 11.0 Å². The number of hydrogen-bond acceptors (Lipinski definition) is 6. The molecule has 1 aromatic heterocycles. The average Bonchev–Trinajstić information content (AvgIpc) is 3.11. The minimum absolute atomic E-state index is 0.186. The molecule has 158 valence electrons. The van der Waals surface area contributed by atoms with E-state index in [1.165, 1.54) is 0 Å². The monoisotopic (exact) mass is 410 g/mol. The van der Waals surface area contributed by atoms with Crippen molar-refractivity contribution in [2.24, 2.45) is 0 Å². The summed E-state index contributed by atoms with van der Waals surface area (Å²) in [5.74, 6) is 0.0640. The highest BCUT2D eigenvalue weighted by atomic mass is 16.6. The van der Waals surface area contributed by atoms with Gasteiger partial charge in [0.15, 0.2) is 6.61 Å². The van der Waals surface area contributed by atoms with Crippen LogP contribution in [0.3, 0.4) is 0 Å². The second-order valence-electron chi connectivity index (χ2n) is 7.87. The van der Waals surface area contributed by atoms with E-state index in [-0.39, 0.29) is 25.2 Å². The Morgan fingerprint density at radius 2 is 1.73 bits per heavy atom. The van der Waals surface area contributed by atoms with Crippen molar-refractivity contribution in [3.05, 3.63) is 65.4 Å². The summed E-state index contributed by atoms with van der Waals surface area (Å²) in [4.78, 5) is 24.6. The molecule has 30 heavy (non-hydrogen) atoms. The smallest absolute Gasteiger partial charge is 0.344 e. The van der Waals surface area contributed by atoms with Gasteiger partial charge in [-0.1, -0.05) is 51.1 Å². The van der Waals surface area contributed by atoms with Crippen molar-refractivity contribution in [2.45, 2.75) is 39.7 Å².